The van der Waals surface area contributed by atoms with Crippen molar-refractivity contribution in [2.24, 2.45) is 0 Å². The molecule has 0 unspecified atom stereocenters. The zero-order valence-electron chi connectivity index (χ0n) is 17.1. The van der Waals surface area contributed by atoms with Crippen molar-refractivity contribution in [3.8, 4) is 11.3 Å². The lowest BCUT2D eigenvalue weighted by atomic mass is 10.0. The lowest BCUT2D eigenvalue weighted by Crippen LogP contribution is -2.49. The minimum Gasteiger partial charge on any atom is -0.348 e. The Kier molecular flexibility index (Phi) is 4.20. The Hall–Kier alpha value is -3.73. The van der Waals surface area contributed by atoms with Crippen molar-refractivity contribution in [2.75, 3.05) is 18.0 Å². The van der Waals surface area contributed by atoms with E-state index in [1.807, 2.05) is 53.4 Å². The predicted octanol–water partition coefficient (Wildman–Crippen LogP) is 4.40. The highest BCUT2D eigenvalue weighted by Crippen LogP contribution is 2.38. The molecule has 2 aliphatic rings. The topological polar surface area (TPSA) is 49.3 Å². The maximum absolute atomic E-state index is 13.0. The van der Waals surface area contributed by atoms with E-state index < -0.39 is 0 Å². The molecule has 2 fully saturated rings. The van der Waals surface area contributed by atoms with Crippen LogP contribution in [0.3, 0.4) is 0 Å². The van der Waals surface area contributed by atoms with Crippen LogP contribution >= 0.6 is 0 Å². The van der Waals surface area contributed by atoms with Crippen molar-refractivity contribution in [2.45, 2.75) is 18.5 Å². The second-order valence-corrected chi connectivity index (χ2v) is 8.30. The molecule has 5 heteroatoms. The first kappa shape index (κ1) is 18.1. The average Bonchev–Trinajstić information content (AvgIpc) is 3.45. The number of hydrogen-bond acceptors (Lipinski definition) is 4. The van der Waals surface area contributed by atoms with Gasteiger partial charge in [-0.05, 0) is 18.6 Å². The fraction of sp³-hybridized carbons (Fsp3) is 0.192. The molecule has 0 radical (unpaired) electrons. The Morgan fingerprint density at radius 2 is 1.42 bits per heavy atom. The molecule has 0 aliphatic carbocycles. The molecule has 31 heavy (non-hydrogen) atoms. The van der Waals surface area contributed by atoms with Crippen molar-refractivity contribution in [1.82, 2.24) is 15.1 Å². The van der Waals surface area contributed by atoms with E-state index in [2.05, 4.69) is 51.5 Å². The van der Waals surface area contributed by atoms with E-state index in [-0.39, 0.29) is 18.0 Å². The summed E-state index contributed by atoms with van der Waals surface area (Å²) < 4.78 is 0. The smallest absolute Gasteiger partial charge is 0.254 e. The number of nitrogens with zero attached hydrogens (tertiary/aromatic N) is 4. The number of amides is 1. The van der Waals surface area contributed by atoms with E-state index >= 15 is 0 Å². The van der Waals surface area contributed by atoms with Crippen LogP contribution in [-0.4, -0.2) is 46.2 Å². The summed E-state index contributed by atoms with van der Waals surface area (Å²) in [6.45, 7) is 1.53. The lowest BCUT2D eigenvalue weighted by molar-refractivity contribution is 0.0725. The van der Waals surface area contributed by atoms with Gasteiger partial charge in [0.1, 0.15) is 5.69 Å². The molecule has 2 bridgehead atoms. The van der Waals surface area contributed by atoms with Crippen LogP contribution in [0, 0.1) is 0 Å². The summed E-state index contributed by atoms with van der Waals surface area (Å²) in [6.07, 6.45) is 0.981. The molecule has 2 aliphatic heterocycles. The van der Waals surface area contributed by atoms with Crippen LogP contribution in [0.25, 0.3) is 22.0 Å². The van der Waals surface area contributed by atoms with Crippen LogP contribution in [0.4, 0.5) is 5.82 Å². The van der Waals surface area contributed by atoms with Crippen LogP contribution in [0.15, 0.2) is 84.9 Å². The number of fused-ring (bicyclic) bond motifs is 3. The van der Waals surface area contributed by atoms with Gasteiger partial charge in [-0.1, -0.05) is 72.8 Å². The standard InChI is InChI=1S/C26H22N4O/c31-26(19-11-5-2-6-12-19)30-17-20-15-21(30)16-29(20)25-23-14-8-7-13-22(23)24(27-28-25)18-9-3-1-4-10-18/h1-14,20-21H,15-17H2/t20-,21-/m1/s1. The number of hydrogen-bond donors (Lipinski definition) is 0. The molecule has 0 saturated carbocycles. The van der Waals surface area contributed by atoms with E-state index in [1.54, 1.807) is 0 Å². The Morgan fingerprint density at radius 3 is 2.13 bits per heavy atom. The number of likely N-dealkylation sites (tertiary alicyclic amines) is 1. The molecular formula is C26H22N4O. The van der Waals surface area contributed by atoms with Gasteiger partial charge in [0.25, 0.3) is 5.91 Å². The van der Waals surface area contributed by atoms with Gasteiger partial charge in [0.05, 0.1) is 12.1 Å². The van der Waals surface area contributed by atoms with Gasteiger partial charge in [-0.25, -0.2) is 0 Å². The van der Waals surface area contributed by atoms with Gasteiger partial charge >= 0.3 is 0 Å². The first-order valence-electron chi connectivity index (χ1n) is 10.7. The SMILES string of the molecule is O=C(c1ccccc1)N1C[C@H]2C[C@@H]1CN2c1nnc(-c2ccccc2)c2ccccc12. The zero-order chi connectivity index (χ0) is 20.8. The molecule has 0 spiro atoms. The number of rotatable bonds is 3. The average molecular weight is 406 g/mol. The van der Waals surface area contributed by atoms with Crippen molar-refractivity contribution >= 4 is 22.5 Å². The summed E-state index contributed by atoms with van der Waals surface area (Å²) in [5, 5.41) is 11.5. The molecule has 3 heterocycles. The summed E-state index contributed by atoms with van der Waals surface area (Å²) >= 11 is 0. The molecule has 6 rings (SSSR count). The van der Waals surface area contributed by atoms with E-state index in [4.69, 9.17) is 0 Å². The van der Waals surface area contributed by atoms with Crippen molar-refractivity contribution in [1.29, 1.82) is 0 Å². The largest absolute Gasteiger partial charge is 0.348 e. The van der Waals surface area contributed by atoms with Gasteiger partial charge in [-0.15, -0.1) is 10.2 Å². The Morgan fingerprint density at radius 1 is 0.742 bits per heavy atom. The minimum atomic E-state index is 0.128. The normalized spacial score (nSPS) is 19.9. The van der Waals surface area contributed by atoms with Crippen LogP contribution in [0.5, 0.6) is 0 Å². The van der Waals surface area contributed by atoms with Gasteiger partial charge in [-0.3, -0.25) is 4.79 Å². The third kappa shape index (κ3) is 2.96. The van der Waals surface area contributed by atoms with E-state index in [0.717, 1.165) is 52.9 Å². The summed E-state index contributed by atoms with van der Waals surface area (Å²) in [5.74, 6) is 1.05. The molecule has 152 valence electrons. The second-order valence-electron chi connectivity index (χ2n) is 8.30. The fourth-order valence-electron chi connectivity index (χ4n) is 5.03. The third-order valence-corrected chi connectivity index (χ3v) is 6.51. The highest BCUT2D eigenvalue weighted by Gasteiger charge is 2.46. The molecule has 1 amide bonds. The molecule has 5 nitrogen and oxygen atoms in total. The number of piperazine rings is 1. The Bertz CT molecular complexity index is 1260. The first-order chi connectivity index (χ1) is 15.3. The van der Waals surface area contributed by atoms with E-state index in [9.17, 15) is 4.79 Å². The molecule has 4 aromatic rings. The highest BCUT2D eigenvalue weighted by molar-refractivity contribution is 6.00. The number of aromatic nitrogens is 2. The molecular weight excluding hydrogens is 384 g/mol. The first-order valence-corrected chi connectivity index (χ1v) is 10.7. The third-order valence-electron chi connectivity index (χ3n) is 6.51. The predicted molar refractivity (Wildman–Crippen MR) is 122 cm³/mol. The van der Waals surface area contributed by atoms with Gasteiger partial charge in [0, 0.05) is 35.0 Å². The number of carbonyl (C=O) groups excluding carboxylic acids is 1. The van der Waals surface area contributed by atoms with Crippen LogP contribution in [0.2, 0.25) is 0 Å². The van der Waals surface area contributed by atoms with Crippen molar-refractivity contribution in [3.05, 3.63) is 90.5 Å². The quantitative estimate of drug-likeness (QED) is 0.506. The summed E-state index contributed by atoms with van der Waals surface area (Å²) in [4.78, 5) is 17.4. The number of benzene rings is 3. The maximum Gasteiger partial charge on any atom is 0.254 e. The monoisotopic (exact) mass is 406 g/mol. The van der Waals surface area contributed by atoms with Gasteiger partial charge in [-0.2, -0.15) is 0 Å². The van der Waals surface area contributed by atoms with Gasteiger partial charge in [0.15, 0.2) is 5.82 Å². The molecule has 3 aromatic carbocycles. The summed E-state index contributed by atoms with van der Waals surface area (Å²) in [7, 11) is 0. The maximum atomic E-state index is 13.0. The van der Waals surface area contributed by atoms with E-state index in [1.165, 1.54) is 0 Å². The fourth-order valence-corrected chi connectivity index (χ4v) is 5.03. The van der Waals surface area contributed by atoms with Crippen molar-refractivity contribution < 1.29 is 4.79 Å². The van der Waals surface area contributed by atoms with Gasteiger partial charge in [0.2, 0.25) is 0 Å². The number of carbonyl (C=O) groups is 1. The van der Waals surface area contributed by atoms with Crippen LogP contribution in [-0.2, 0) is 0 Å². The summed E-state index contributed by atoms with van der Waals surface area (Å²) in [6, 6.07) is 28.6. The lowest BCUT2D eigenvalue weighted by Gasteiger charge is -2.35. The second kappa shape index (κ2) is 7.20. The van der Waals surface area contributed by atoms with Crippen molar-refractivity contribution in [3.63, 3.8) is 0 Å². The molecule has 2 atom stereocenters. The number of anilines is 1. The highest BCUT2D eigenvalue weighted by atomic mass is 16.2. The Labute approximate surface area is 180 Å². The van der Waals surface area contributed by atoms with Crippen LogP contribution in [0.1, 0.15) is 16.8 Å². The van der Waals surface area contributed by atoms with E-state index in [0.29, 0.717) is 0 Å². The minimum absolute atomic E-state index is 0.128. The zero-order valence-corrected chi connectivity index (χ0v) is 17.1. The molecule has 2 saturated heterocycles. The molecule has 0 N–H and O–H groups in total. The summed E-state index contributed by atoms with van der Waals surface area (Å²) in [5.41, 5.74) is 2.74. The molecule has 1 aromatic heterocycles. The van der Waals surface area contributed by atoms with Crippen LogP contribution < -0.4 is 4.90 Å². The van der Waals surface area contributed by atoms with Gasteiger partial charge < -0.3 is 9.80 Å². The Balaban J connectivity index is 1.32.